The Balaban J connectivity index is 1.49. The number of sulfonamides is 1. The standard InChI is InChI=1S/C31H32N6O5S/c32-30(33)21-9-14-27(39)25(17-21)37-16-15-35-18-26(37)29(20-7-12-23(38)13-8-20)31(40)36-22-10-5-19(6-11-22)24-3-1-2-4-28(24)43(34,41)42/h1-14,17,26,29,35,38-39H,15-16,18H2,(H3,32,33)(H,36,40)(H2,34,41,42). The first-order chi connectivity index (χ1) is 20.5. The van der Waals surface area contributed by atoms with Crippen LogP contribution in [0, 0.1) is 5.41 Å². The van der Waals surface area contributed by atoms with Crippen molar-refractivity contribution in [3.63, 3.8) is 0 Å². The molecule has 0 saturated carbocycles. The summed E-state index contributed by atoms with van der Waals surface area (Å²) in [4.78, 5) is 16.0. The van der Waals surface area contributed by atoms with Crippen LogP contribution in [0.25, 0.3) is 11.1 Å². The van der Waals surface area contributed by atoms with Gasteiger partial charge in [-0.1, -0.05) is 42.5 Å². The number of benzene rings is 4. The summed E-state index contributed by atoms with van der Waals surface area (Å²) in [6.07, 6.45) is 0. The average molecular weight is 601 g/mol. The van der Waals surface area contributed by atoms with Gasteiger partial charge >= 0.3 is 0 Å². The Labute approximate surface area is 249 Å². The van der Waals surface area contributed by atoms with Crippen LogP contribution in [0.5, 0.6) is 11.5 Å². The van der Waals surface area contributed by atoms with Crippen LogP contribution >= 0.6 is 0 Å². The molecule has 1 aliphatic rings. The number of nitrogens with two attached hydrogens (primary N) is 2. The third kappa shape index (κ3) is 6.46. The van der Waals surface area contributed by atoms with Gasteiger partial charge in [0.1, 0.15) is 17.3 Å². The predicted molar refractivity (Wildman–Crippen MR) is 166 cm³/mol. The summed E-state index contributed by atoms with van der Waals surface area (Å²) in [7, 11) is -3.94. The SMILES string of the molecule is N=C(N)c1ccc(O)c(N2CCNCC2C(C(=O)Nc2ccc(-c3ccccc3S(N)(=O)=O)cc2)c2ccc(O)cc2)c1. The zero-order valence-electron chi connectivity index (χ0n) is 23.1. The van der Waals surface area contributed by atoms with E-state index in [-0.39, 0.29) is 28.1 Å². The number of phenols is 2. The van der Waals surface area contributed by atoms with Crippen LogP contribution in [-0.4, -0.2) is 56.0 Å². The van der Waals surface area contributed by atoms with E-state index < -0.39 is 22.0 Å². The number of nitrogen functional groups attached to an aromatic ring is 1. The average Bonchev–Trinajstić information content (AvgIpc) is 2.99. The van der Waals surface area contributed by atoms with Gasteiger partial charge in [0.05, 0.1) is 22.5 Å². The number of aromatic hydroxyl groups is 2. The van der Waals surface area contributed by atoms with Gasteiger partial charge in [-0.3, -0.25) is 10.2 Å². The van der Waals surface area contributed by atoms with Gasteiger partial charge in [0.25, 0.3) is 0 Å². The number of hydrogen-bond donors (Lipinski definition) is 7. The molecule has 0 bridgehead atoms. The lowest BCUT2D eigenvalue weighted by molar-refractivity contribution is -0.118. The fourth-order valence-corrected chi connectivity index (χ4v) is 6.14. The monoisotopic (exact) mass is 600 g/mol. The molecule has 2 unspecified atom stereocenters. The maximum Gasteiger partial charge on any atom is 0.238 e. The summed E-state index contributed by atoms with van der Waals surface area (Å²) in [5, 5.41) is 40.3. The van der Waals surface area contributed by atoms with E-state index in [9.17, 15) is 23.4 Å². The third-order valence-corrected chi connectivity index (χ3v) is 8.42. The lowest BCUT2D eigenvalue weighted by Gasteiger charge is -2.42. The molecule has 1 aliphatic heterocycles. The molecule has 1 fully saturated rings. The number of nitrogens with zero attached hydrogens (tertiary/aromatic N) is 1. The van der Waals surface area contributed by atoms with Crippen LogP contribution in [-0.2, 0) is 14.8 Å². The van der Waals surface area contributed by atoms with E-state index >= 15 is 0 Å². The minimum absolute atomic E-state index is 0.00108. The predicted octanol–water partition coefficient (Wildman–Crippen LogP) is 2.90. The summed E-state index contributed by atoms with van der Waals surface area (Å²) < 4.78 is 24.2. The van der Waals surface area contributed by atoms with Gasteiger partial charge in [-0.2, -0.15) is 0 Å². The number of rotatable bonds is 8. The lowest BCUT2D eigenvalue weighted by atomic mass is 9.87. The zero-order valence-corrected chi connectivity index (χ0v) is 23.9. The molecule has 0 aromatic heterocycles. The number of anilines is 2. The number of piperazine rings is 1. The minimum Gasteiger partial charge on any atom is -0.508 e. The Morgan fingerprint density at radius 2 is 1.70 bits per heavy atom. The van der Waals surface area contributed by atoms with Gasteiger partial charge in [0.15, 0.2) is 0 Å². The molecule has 1 heterocycles. The molecule has 4 aromatic rings. The first kappa shape index (κ1) is 29.6. The number of nitrogens with one attached hydrogen (secondary N) is 3. The van der Waals surface area contributed by atoms with E-state index in [2.05, 4.69) is 10.6 Å². The van der Waals surface area contributed by atoms with E-state index in [4.69, 9.17) is 16.3 Å². The van der Waals surface area contributed by atoms with Crippen LogP contribution in [0.4, 0.5) is 11.4 Å². The largest absolute Gasteiger partial charge is 0.508 e. The van der Waals surface area contributed by atoms with E-state index in [1.807, 2.05) is 4.90 Å². The maximum atomic E-state index is 14.0. The zero-order chi connectivity index (χ0) is 30.7. The second kappa shape index (κ2) is 12.1. The van der Waals surface area contributed by atoms with Crippen LogP contribution in [0.2, 0.25) is 0 Å². The van der Waals surface area contributed by atoms with Crippen molar-refractivity contribution in [3.05, 3.63) is 102 Å². The van der Waals surface area contributed by atoms with E-state index in [0.717, 1.165) is 0 Å². The Kier molecular flexibility index (Phi) is 8.35. The van der Waals surface area contributed by atoms with Crippen LogP contribution < -0.4 is 26.4 Å². The molecule has 222 valence electrons. The highest BCUT2D eigenvalue weighted by Gasteiger charge is 2.37. The first-order valence-corrected chi connectivity index (χ1v) is 15.0. The Morgan fingerprint density at radius 1 is 1.00 bits per heavy atom. The van der Waals surface area contributed by atoms with E-state index in [0.29, 0.717) is 53.3 Å². The van der Waals surface area contributed by atoms with Gasteiger partial charge in [0, 0.05) is 36.4 Å². The molecule has 0 aliphatic carbocycles. The van der Waals surface area contributed by atoms with Crippen molar-refractivity contribution in [2.24, 2.45) is 10.9 Å². The smallest absolute Gasteiger partial charge is 0.238 e. The summed E-state index contributed by atoms with van der Waals surface area (Å²) >= 11 is 0. The number of amidine groups is 1. The van der Waals surface area contributed by atoms with Crippen LogP contribution in [0.1, 0.15) is 17.0 Å². The quantitative estimate of drug-likeness (QED) is 0.118. The molecular formula is C31H32N6O5S. The van der Waals surface area contributed by atoms with Crippen molar-refractivity contribution >= 4 is 33.1 Å². The summed E-state index contributed by atoms with van der Waals surface area (Å²) in [6, 6.07) is 23.8. The molecule has 1 saturated heterocycles. The summed E-state index contributed by atoms with van der Waals surface area (Å²) in [5.74, 6) is -1.17. The van der Waals surface area contributed by atoms with E-state index in [1.165, 1.54) is 24.3 Å². The molecule has 1 amide bonds. The van der Waals surface area contributed by atoms with Gasteiger partial charge in [0.2, 0.25) is 15.9 Å². The fraction of sp³-hybridized carbons (Fsp3) is 0.161. The van der Waals surface area contributed by atoms with Gasteiger partial charge < -0.3 is 31.5 Å². The van der Waals surface area contributed by atoms with Crippen molar-refractivity contribution < 1.29 is 23.4 Å². The van der Waals surface area contributed by atoms with Crippen LogP contribution in [0.15, 0.2) is 95.9 Å². The molecule has 12 heteroatoms. The Hall–Kier alpha value is -4.91. The number of carbonyl (C=O) groups is 1. The van der Waals surface area contributed by atoms with Crippen molar-refractivity contribution in [2.45, 2.75) is 16.9 Å². The minimum atomic E-state index is -3.94. The highest BCUT2D eigenvalue weighted by molar-refractivity contribution is 7.89. The molecule has 5 rings (SSSR count). The summed E-state index contributed by atoms with van der Waals surface area (Å²) in [6.45, 7) is 1.48. The highest BCUT2D eigenvalue weighted by Crippen LogP contribution is 2.36. The van der Waals surface area contributed by atoms with Crippen molar-refractivity contribution in [1.82, 2.24) is 5.32 Å². The van der Waals surface area contributed by atoms with Gasteiger partial charge in [-0.15, -0.1) is 0 Å². The van der Waals surface area contributed by atoms with Gasteiger partial charge in [-0.25, -0.2) is 13.6 Å². The number of hydrogen-bond acceptors (Lipinski definition) is 8. The second-order valence-corrected chi connectivity index (χ2v) is 11.8. The van der Waals surface area contributed by atoms with Crippen molar-refractivity contribution in [1.29, 1.82) is 5.41 Å². The topological polar surface area (TPSA) is 195 Å². The van der Waals surface area contributed by atoms with Crippen molar-refractivity contribution in [3.8, 4) is 22.6 Å². The first-order valence-electron chi connectivity index (χ1n) is 13.5. The molecule has 9 N–H and O–H groups in total. The molecule has 11 nitrogen and oxygen atoms in total. The van der Waals surface area contributed by atoms with Crippen molar-refractivity contribution in [2.75, 3.05) is 29.9 Å². The number of primary sulfonamides is 1. The molecule has 0 radical (unpaired) electrons. The van der Waals surface area contributed by atoms with Gasteiger partial charge in [-0.05, 0) is 59.7 Å². The van der Waals surface area contributed by atoms with E-state index in [1.54, 1.807) is 66.7 Å². The Bertz CT molecular complexity index is 1760. The molecular weight excluding hydrogens is 568 g/mol. The summed E-state index contributed by atoms with van der Waals surface area (Å²) in [5.41, 5.74) is 8.81. The lowest BCUT2D eigenvalue weighted by Crippen LogP contribution is -2.56. The number of phenolic OH excluding ortho intramolecular Hbond substituents is 2. The third-order valence-electron chi connectivity index (χ3n) is 7.46. The second-order valence-electron chi connectivity index (χ2n) is 10.3. The fourth-order valence-electron chi connectivity index (χ4n) is 5.38. The molecule has 2 atom stereocenters. The number of carbonyl (C=O) groups excluding carboxylic acids is 1. The maximum absolute atomic E-state index is 14.0. The number of amides is 1. The normalized spacial score (nSPS) is 15.9. The molecule has 4 aromatic carbocycles. The Morgan fingerprint density at radius 3 is 2.37 bits per heavy atom. The molecule has 43 heavy (non-hydrogen) atoms. The highest BCUT2D eigenvalue weighted by atomic mass is 32.2. The molecule has 0 spiro atoms. The van der Waals surface area contributed by atoms with Crippen LogP contribution in [0.3, 0.4) is 0 Å².